The Hall–Kier alpha value is -1.74. The van der Waals surface area contributed by atoms with Crippen LogP contribution in [0.5, 0.6) is 0 Å². The Morgan fingerprint density at radius 1 is 0.750 bits per heavy atom. The van der Waals surface area contributed by atoms with Crippen molar-refractivity contribution < 1.29 is 47.8 Å². The number of carboxylic acid groups (broad SMARTS) is 1. The first kappa shape index (κ1) is 34.3. The van der Waals surface area contributed by atoms with Crippen molar-refractivity contribution in [3.05, 3.63) is 12.2 Å². The molecular weight excluding hydrogens is 491 g/mol. The molecule has 0 bridgehead atoms. The second-order valence-corrected chi connectivity index (χ2v) is 10.0. The van der Waals surface area contributed by atoms with Gasteiger partial charge in [0.2, 0.25) is 0 Å². The number of allylic oxidation sites excluding steroid dienone is 2. The minimum atomic E-state index is -4.82. The highest BCUT2D eigenvalue weighted by Gasteiger charge is 2.23. The van der Waals surface area contributed by atoms with Gasteiger partial charge < -0.3 is 24.4 Å². The van der Waals surface area contributed by atoms with Crippen LogP contribution in [0, 0.1) is 0 Å². The fourth-order valence-corrected chi connectivity index (χ4v) is 3.71. The van der Waals surface area contributed by atoms with E-state index in [4.69, 9.17) is 24.4 Å². The molecular formula is C25H45O10P. The van der Waals surface area contributed by atoms with E-state index in [0.29, 0.717) is 6.42 Å². The molecule has 0 heterocycles. The number of phosphoric ester groups is 1. The number of carboxylic acids is 1. The normalized spacial score (nSPS) is 12.5. The number of rotatable bonds is 24. The highest BCUT2D eigenvalue weighted by Crippen LogP contribution is 2.35. The van der Waals surface area contributed by atoms with E-state index >= 15 is 0 Å². The lowest BCUT2D eigenvalue weighted by molar-refractivity contribution is -0.162. The van der Waals surface area contributed by atoms with Gasteiger partial charge in [0.25, 0.3) is 0 Å². The van der Waals surface area contributed by atoms with Crippen LogP contribution in [0.2, 0.25) is 0 Å². The summed E-state index contributed by atoms with van der Waals surface area (Å²) in [6.07, 6.45) is 17.4. The lowest BCUT2D eigenvalue weighted by Gasteiger charge is -2.18. The van der Waals surface area contributed by atoms with Crippen LogP contribution in [0.1, 0.15) is 110 Å². The molecule has 0 amide bonds. The molecule has 1 atom stereocenters. The van der Waals surface area contributed by atoms with Crippen LogP contribution in [0.4, 0.5) is 0 Å². The third-order valence-electron chi connectivity index (χ3n) is 5.34. The summed E-state index contributed by atoms with van der Waals surface area (Å²) >= 11 is 0. The van der Waals surface area contributed by atoms with Crippen molar-refractivity contribution >= 4 is 25.7 Å². The molecule has 36 heavy (non-hydrogen) atoms. The first-order valence-corrected chi connectivity index (χ1v) is 14.6. The summed E-state index contributed by atoms with van der Waals surface area (Å²) in [6.45, 7) is 1.09. The van der Waals surface area contributed by atoms with E-state index in [1.54, 1.807) is 0 Å². The van der Waals surface area contributed by atoms with Crippen molar-refractivity contribution in [1.29, 1.82) is 0 Å². The van der Waals surface area contributed by atoms with Gasteiger partial charge in [0.05, 0.1) is 19.4 Å². The van der Waals surface area contributed by atoms with Crippen LogP contribution in [0.15, 0.2) is 12.2 Å². The van der Waals surface area contributed by atoms with E-state index in [0.717, 1.165) is 38.5 Å². The molecule has 0 aromatic carbocycles. The highest BCUT2D eigenvalue weighted by atomic mass is 31.2. The summed E-state index contributed by atoms with van der Waals surface area (Å²) in [5.41, 5.74) is 0. The minimum Gasteiger partial charge on any atom is -0.481 e. The third kappa shape index (κ3) is 25.4. The first-order chi connectivity index (χ1) is 17.1. The lowest BCUT2D eigenvalue weighted by Crippen LogP contribution is -2.29. The van der Waals surface area contributed by atoms with Gasteiger partial charge in [0, 0.05) is 6.42 Å². The molecule has 11 heteroatoms. The van der Waals surface area contributed by atoms with Crippen molar-refractivity contribution in [3.8, 4) is 0 Å². The molecule has 0 aromatic heterocycles. The van der Waals surface area contributed by atoms with E-state index in [2.05, 4.69) is 23.6 Å². The summed E-state index contributed by atoms with van der Waals surface area (Å²) < 4.78 is 25.2. The molecule has 0 fully saturated rings. The van der Waals surface area contributed by atoms with Crippen LogP contribution in [0.25, 0.3) is 0 Å². The standard InChI is InChI=1S/C25H45O10P/c1-2-3-4-5-6-7-8-9-10-11-12-13-14-15-16-17-24(28)33-20-22(21-34-36(30,31)32)35-25(29)19-18-23(26)27/h9-10,22H,2-8,11-21H2,1H3,(H,26,27)(H2,30,31,32)/b10-9-/t22-/m1/s1. The Morgan fingerprint density at radius 2 is 1.31 bits per heavy atom. The molecule has 0 rings (SSSR count). The number of carbonyl (C=O) groups excluding carboxylic acids is 2. The molecule has 0 aliphatic rings. The molecule has 0 unspecified atom stereocenters. The van der Waals surface area contributed by atoms with Gasteiger partial charge in [0.15, 0.2) is 6.10 Å². The van der Waals surface area contributed by atoms with Crippen LogP contribution in [0.3, 0.4) is 0 Å². The predicted octanol–water partition coefficient (Wildman–Crippen LogP) is 5.45. The average molecular weight is 537 g/mol. The molecule has 0 saturated carbocycles. The maximum atomic E-state index is 11.9. The second kappa shape index (κ2) is 22.5. The Kier molecular flexibility index (Phi) is 21.4. The predicted molar refractivity (Wildman–Crippen MR) is 135 cm³/mol. The van der Waals surface area contributed by atoms with E-state index in [1.807, 2.05) is 0 Å². The van der Waals surface area contributed by atoms with Crippen molar-refractivity contribution in [3.63, 3.8) is 0 Å². The fourth-order valence-electron chi connectivity index (χ4n) is 3.35. The number of unbranched alkanes of at least 4 members (excludes halogenated alkanes) is 11. The Morgan fingerprint density at radius 3 is 1.86 bits per heavy atom. The molecule has 0 aromatic rings. The van der Waals surface area contributed by atoms with Crippen molar-refractivity contribution in [2.45, 2.75) is 116 Å². The van der Waals surface area contributed by atoms with Gasteiger partial charge in [-0.15, -0.1) is 0 Å². The summed E-state index contributed by atoms with van der Waals surface area (Å²) in [5, 5.41) is 8.61. The zero-order valence-corrected chi connectivity index (χ0v) is 22.5. The van der Waals surface area contributed by atoms with Gasteiger partial charge in [0.1, 0.15) is 6.61 Å². The maximum absolute atomic E-state index is 11.9. The minimum absolute atomic E-state index is 0.178. The van der Waals surface area contributed by atoms with E-state index in [1.165, 1.54) is 38.5 Å². The lowest BCUT2D eigenvalue weighted by atomic mass is 10.1. The van der Waals surface area contributed by atoms with Gasteiger partial charge in [-0.1, -0.05) is 70.4 Å². The SMILES string of the molecule is CCCCCCCC/C=C\CCCCCCCC(=O)OC[C@H](COP(=O)(O)O)OC(=O)CCC(=O)O. The second-order valence-electron chi connectivity index (χ2n) is 8.81. The summed E-state index contributed by atoms with van der Waals surface area (Å²) in [5.74, 6) is -2.61. The van der Waals surface area contributed by atoms with Crippen LogP contribution < -0.4 is 0 Å². The average Bonchev–Trinajstić information content (AvgIpc) is 2.81. The largest absolute Gasteiger partial charge is 0.481 e. The third-order valence-corrected chi connectivity index (χ3v) is 5.83. The number of ether oxygens (including phenoxy) is 2. The number of hydrogen-bond donors (Lipinski definition) is 3. The molecule has 0 radical (unpaired) electrons. The maximum Gasteiger partial charge on any atom is 0.469 e. The highest BCUT2D eigenvalue weighted by molar-refractivity contribution is 7.46. The van der Waals surface area contributed by atoms with Crippen molar-refractivity contribution in [2.24, 2.45) is 0 Å². The van der Waals surface area contributed by atoms with Gasteiger partial charge in [-0.2, -0.15) is 0 Å². The van der Waals surface area contributed by atoms with Gasteiger partial charge in [-0.3, -0.25) is 18.9 Å². The van der Waals surface area contributed by atoms with Gasteiger partial charge >= 0.3 is 25.7 Å². The molecule has 210 valence electrons. The first-order valence-electron chi connectivity index (χ1n) is 13.1. The summed E-state index contributed by atoms with van der Waals surface area (Å²) in [6, 6.07) is 0. The topological polar surface area (TPSA) is 157 Å². The zero-order valence-electron chi connectivity index (χ0n) is 21.6. The number of hydrogen-bond acceptors (Lipinski definition) is 7. The van der Waals surface area contributed by atoms with Crippen LogP contribution in [-0.4, -0.2) is 52.1 Å². The van der Waals surface area contributed by atoms with Gasteiger partial charge in [-0.25, -0.2) is 4.57 Å². The molecule has 0 aliphatic heterocycles. The smallest absolute Gasteiger partial charge is 0.469 e. The van der Waals surface area contributed by atoms with Crippen LogP contribution in [-0.2, 0) is 32.9 Å². The fraction of sp³-hybridized carbons (Fsp3) is 0.800. The summed E-state index contributed by atoms with van der Waals surface area (Å²) in [7, 11) is -4.82. The molecule has 3 N–H and O–H groups in total. The molecule has 0 saturated heterocycles. The number of aliphatic carboxylic acids is 1. The Labute approximate surface area is 215 Å². The Balaban J connectivity index is 3.92. The van der Waals surface area contributed by atoms with E-state index in [-0.39, 0.29) is 6.42 Å². The van der Waals surface area contributed by atoms with E-state index < -0.39 is 57.9 Å². The van der Waals surface area contributed by atoms with Crippen LogP contribution >= 0.6 is 7.82 Å². The van der Waals surface area contributed by atoms with Crippen molar-refractivity contribution in [1.82, 2.24) is 0 Å². The quantitative estimate of drug-likeness (QED) is 0.0627. The van der Waals surface area contributed by atoms with Crippen molar-refractivity contribution in [2.75, 3.05) is 13.2 Å². The molecule has 0 spiro atoms. The van der Waals surface area contributed by atoms with E-state index in [9.17, 15) is 18.9 Å². The monoisotopic (exact) mass is 536 g/mol. The number of esters is 2. The number of carbonyl (C=O) groups is 3. The Bertz CT molecular complexity index is 674. The molecule has 0 aliphatic carbocycles. The number of phosphoric acid groups is 1. The summed E-state index contributed by atoms with van der Waals surface area (Å²) in [4.78, 5) is 51.8. The zero-order chi connectivity index (χ0) is 27.1. The van der Waals surface area contributed by atoms with Gasteiger partial charge in [-0.05, 0) is 32.1 Å². The molecule has 10 nitrogen and oxygen atoms in total.